The summed E-state index contributed by atoms with van der Waals surface area (Å²) in [6.07, 6.45) is 22.1. The zero-order valence-electron chi connectivity index (χ0n) is 15.2. The van der Waals surface area contributed by atoms with Crippen molar-refractivity contribution in [1.29, 1.82) is 0 Å². The molecule has 0 aromatic rings. The van der Waals surface area contributed by atoms with Gasteiger partial charge in [0.15, 0.2) is 0 Å². The molecule has 0 radical (unpaired) electrons. The largest absolute Gasteiger partial charge is 0.465 e. The van der Waals surface area contributed by atoms with Gasteiger partial charge < -0.3 is 10.8 Å². The van der Waals surface area contributed by atoms with Crippen LogP contribution in [0.5, 0.6) is 0 Å². The van der Waals surface area contributed by atoms with E-state index in [9.17, 15) is 0 Å². The Morgan fingerprint density at radius 1 is 0.591 bits per heavy atom. The maximum atomic E-state index is 8.78. The second-order valence-corrected chi connectivity index (χ2v) is 6.29. The first-order valence-corrected chi connectivity index (χ1v) is 9.63. The van der Waals surface area contributed by atoms with E-state index in [0.717, 1.165) is 0 Å². The van der Waals surface area contributed by atoms with Crippen LogP contribution in [-0.2, 0) is 0 Å². The van der Waals surface area contributed by atoms with E-state index in [1.54, 1.807) is 0 Å². The van der Waals surface area contributed by atoms with Gasteiger partial charge in [-0.2, -0.15) is 0 Å². The van der Waals surface area contributed by atoms with Gasteiger partial charge in [-0.3, -0.25) is 0 Å². The fourth-order valence-corrected chi connectivity index (χ4v) is 2.62. The second-order valence-electron chi connectivity index (χ2n) is 6.29. The van der Waals surface area contributed by atoms with Crippen LogP contribution in [0.4, 0.5) is 4.79 Å². The first kappa shape index (κ1) is 23.5. The van der Waals surface area contributed by atoms with Crippen molar-refractivity contribution in [2.45, 2.75) is 117 Å². The highest BCUT2D eigenvalue weighted by atomic mass is 16.4. The third kappa shape index (κ3) is 31.6. The minimum Gasteiger partial charge on any atom is -0.465 e. The SMILES string of the molecule is CCCCCCCCCCCCCCCCCC.NC(=O)O. The highest BCUT2D eigenvalue weighted by Crippen LogP contribution is 2.13. The number of hydrogen-bond donors (Lipinski definition) is 2. The van der Waals surface area contributed by atoms with Crippen molar-refractivity contribution in [3.63, 3.8) is 0 Å². The summed E-state index contributed by atoms with van der Waals surface area (Å²) in [5.74, 6) is 0. The van der Waals surface area contributed by atoms with E-state index < -0.39 is 6.09 Å². The molecule has 3 N–H and O–H groups in total. The van der Waals surface area contributed by atoms with Gasteiger partial charge in [0, 0.05) is 0 Å². The minimum atomic E-state index is -1.33. The van der Waals surface area contributed by atoms with E-state index >= 15 is 0 Å². The van der Waals surface area contributed by atoms with Crippen LogP contribution >= 0.6 is 0 Å². The molecule has 3 heteroatoms. The number of nitrogens with two attached hydrogens (primary N) is 1. The molecule has 0 aromatic heterocycles. The molecule has 134 valence electrons. The first-order valence-electron chi connectivity index (χ1n) is 9.63. The van der Waals surface area contributed by atoms with Gasteiger partial charge in [0.1, 0.15) is 0 Å². The van der Waals surface area contributed by atoms with Crippen LogP contribution in [-0.4, -0.2) is 11.2 Å². The monoisotopic (exact) mass is 315 g/mol. The zero-order chi connectivity index (χ0) is 16.9. The lowest BCUT2D eigenvalue weighted by molar-refractivity contribution is 0.205. The van der Waals surface area contributed by atoms with Gasteiger partial charge in [0.2, 0.25) is 0 Å². The lowest BCUT2D eigenvalue weighted by atomic mass is 10.0. The van der Waals surface area contributed by atoms with Crippen molar-refractivity contribution >= 4 is 6.09 Å². The number of hydrogen-bond acceptors (Lipinski definition) is 1. The van der Waals surface area contributed by atoms with E-state index in [1.807, 2.05) is 0 Å². The number of unbranched alkanes of at least 4 members (excludes halogenated alkanes) is 15. The number of carbonyl (C=O) groups is 1. The predicted octanol–water partition coefficient (Wildman–Crippen LogP) is 6.89. The van der Waals surface area contributed by atoms with Crippen molar-refractivity contribution in [2.24, 2.45) is 5.73 Å². The van der Waals surface area contributed by atoms with Crippen molar-refractivity contribution in [2.75, 3.05) is 0 Å². The summed E-state index contributed by atoms with van der Waals surface area (Å²) in [7, 11) is 0. The highest BCUT2D eigenvalue weighted by molar-refractivity contribution is 5.61. The maximum absolute atomic E-state index is 8.78. The van der Waals surface area contributed by atoms with E-state index in [-0.39, 0.29) is 0 Å². The molecule has 0 atom stereocenters. The van der Waals surface area contributed by atoms with Crippen molar-refractivity contribution in [3.05, 3.63) is 0 Å². The molecule has 0 saturated carbocycles. The standard InChI is InChI=1S/C18H38.CH3NO2/c1-3-5-7-9-11-13-15-17-18-16-14-12-10-8-6-4-2;2-1(3)4/h3-18H2,1-2H3;2H2,(H,3,4). The molecule has 0 aromatic carbocycles. The van der Waals surface area contributed by atoms with Crippen molar-refractivity contribution in [1.82, 2.24) is 0 Å². The summed E-state index contributed by atoms with van der Waals surface area (Å²) in [4.78, 5) is 8.78. The molecular formula is C19H41NO2. The maximum Gasteiger partial charge on any atom is 0.402 e. The summed E-state index contributed by atoms with van der Waals surface area (Å²) in [5.41, 5.74) is 4.03. The Morgan fingerprint density at radius 3 is 0.864 bits per heavy atom. The van der Waals surface area contributed by atoms with Crippen LogP contribution in [0.25, 0.3) is 0 Å². The second kappa shape index (κ2) is 22.5. The van der Waals surface area contributed by atoms with Gasteiger partial charge in [-0.1, -0.05) is 117 Å². The summed E-state index contributed by atoms with van der Waals surface area (Å²) >= 11 is 0. The Hall–Kier alpha value is -0.730. The van der Waals surface area contributed by atoms with Crippen LogP contribution in [0.15, 0.2) is 0 Å². The lowest BCUT2D eigenvalue weighted by Gasteiger charge is -2.03. The Balaban J connectivity index is 0. The third-order valence-electron chi connectivity index (χ3n) is 3.96. The molecule has 0 saturated heterocycles. The van der Waals surface area contributed by atoms with Crippen molar-refractivity contribution < 1.29 is 9.90 Å². The van der Waals surface area contributed by atoms with Gasteiger partial charge in [-0.15, -0.1) is 0 Å². The molecule has 0 fully saturated rings. The fourth-order valence-electron chi connectivity index (χ4n) is 2.62. The van der Waals surface area contributed by atoms with E-state index in [0.29, 0.717) is 0 Å². The first-order chi connectivity index (χ1) is 10.6. The van der Waals surface area contributed by atoms with Gasteiger partial charge in [-0.25, -0.2) is 4.79 Å². The normalized spacial score (nSPS) is 10.1. The smallest absolute Gasteiger partial charge is 0.402 e. The van der Waals surface area contributed by atoms with E-state index in [4.69, 9.17) is 9.90 Å². The molecule has 22 heavy (non-hydrogen) atoms. The van der Waals surface area contributed by atoms with E-state index in [1.165, 1.54) is 103 Å². The molecule has 0 aliphatic heterocycles. The minimum absolute atomic E-state index is 1.33. The van der Waals surface area contributed by atoms with Crippen LogP contribution < -0.4 is 5.73 Å². The summed E-state index contributed by atoms with van der Waals surface area (Å²) in [6, 6.07) is 0. The molecule has 0 bridgehead atoms. The molecule has 0 unspecified atom stereocenters. The van der Waals surface area contributed by atoms with Crippen molar-refractivity contribution in [3.8, 4) is 0 Å². The van der Waals surface area contributed by atoms with Gasteiger partial charge in [0.05, 0.1) is 0 Å². The summed E-state index contributed by atoms with van der Waals surface area (Å²) in [6.45, 7) is 4.59. The quantitative estimate of drug-likeness (QED) is 0.323. The Morgan fingerprint density at radius 2 is 0.727 bits per heavy atom. The number of carboxylic acid groups (broad SMARTS) is 1. The third-order valence-corrected chi connectivity index (χ3v) is 3.96. The Kier molecular flexibility index (Phi) is 24.1. The zero-order valence-corrected chi connectivity index (χ0v) is 15.2. The van der Waals surface area contributed by atoms with Crippen LogP contribution in [0.1, 0.15) is 117 Å². The summed E-state index contributed by atoms with van der Waals surface area (Å²) < 4.78 is 0. The van der Waals surface area contributed by atoms with Crippen LogP contribution in [0, 0.1) is 0 Å². The molecule has 0 heterocycles. The molecule has 0 aliphatic rings. The Bertz CT molecular complexity index is 188. The van der Waals surface area contributed by atoms with Gasteiger partial charge in [-0.05, 0) is 0 Å². The molecule has 0 aliphatic carbocycles. The molecule has 3 nitrogen and oxygen atoms in total. The molecule has 0 spiro atoms. The van der Waals surface area contributed by atoms with E-state index in [2.05, 4.69) is 19.6 Å². The van der Waals surface area contributed by atoms with Crippen LogP contribution in [0.2, 0.25) is 0 Å². The average molecular weight is 316 g/mol. The van der Waals surface area contributed by atoms with Gasteiger partial charge in [0.25, 0.3) is 0 Å². The van der Waals surface area contributed by atoms with Crippen LogP contribution in [0.3, 0.4) is 0 Å². The summed E-state index contributed by atoms with van der Waals surface area (Å²) in [5, 5.41) is 7.19. The predicted molar refractivity (Wildman–Crippen MR) is 97.4 cm³/mol. The number of rotatable bonds is 15. The number of amides is 1. The average Bonchev–Trinajstić information content (AvgIpc) is 2.47. The molecular weight excluding hydrogens is 274 g/mol. The molecule has 0 rings (SSSR count). The van der Waals surface area contributed by atoms with Gasteiger partial charge >= 0.3 is 6.09 Å². The molecule has 1 amide bonds. The Labute approximate surface area is 139 Å². The lowest BCUT2D eigenvalue weighted by Crippen LogP contribution is -2.03. The topological polar surface area (TPSA) is 63.3 Å². The fraction of sp³-hybridized carbons (Fsp3) is 0.947. The number of primary amides is 1. The highest BCUT2D eigenvalue weighted by Gasteiger charge is 1.93.